The van der Waals surface area contributed by atoms with Crippen LogP contribution in [0.4, 0.5) is 8.78 Å². The molecule has 0 aliphatic carbocycles. The Hall–Kier alpha value is -3.95. The monoisotopic (exact) mass is 540 g/mol. The van der Waals surface area contributed by atoms with Gasteiger partial charge in [-0.3, -0.25) is 15.0 Å². The van der Waals surface area contributed by atoms with Crippen molar-refractivity contribution in [3.63, 3.8) is 0 Å². The Balaban J connectivity index is 1.27. The zero-order valence-electron chi connectivity index (χ0n) is 21.6. The van der Waals surface area contributed by atoms with Gasteiger partial charge in [0.05, 0.1) is 23.1 Å². The number of rotatable bonds is 5. The van der Waals surface area contributed by atoms with Gasteiger partial charge in [-0.25, -0.2) is 13.8 Å². The molecule has 0 bridgehead atoms. The Kier molecular flexibility index (Phi) is 5.61. The molecule has 0 unspecified atom stereocenters. The van der Waals surface area contributed by atoms with E-state index in [1.165, 1.54) is 9.75 Å². The van der Waals surface area contributed by atoms with Gasteiger partial charge in [0.25, 0.3) is 5.92 Å². The first-order valence-corrected chi connectivity index (χ1v) is 13.7. The first-order valence-electron chi connectivity index (χ1n) is 12.9. The highest BCUT2D eigenvalue weighted by molar-refractivity contribution is 7.15. The highest BCUT2D eigenvalue weighted by Crippen LogP contribution is 2.36. The van der Waals surface area contributed by atoms with Crippen molar-refractivity contribution < 1.29 is 8.78 Å². The fraction of sp³-hybridized carbons (Fsp3) is 0.233. The van der Waals surface area contributed by atoms with Crippen LogP contribution in [-0.4, -0.2) is 49.1 Å². The molecule has 6 nitrogen and oxygen atoms in total. The number of para-hydroxylation sites is 1. The van der Waals surface area contributed by atoms with Crippen LogP contribution in [0, 0.1) is 13.8 Å². The average molecular weight is 541 g/mol. The summed E-state index contributed by atoms with van der Waals surface area (Å²) < 4.78 is 27.4. The summed E-state index contributed by atoms with van der Waals surface area (Å²) in [6, 6.07) is 16.7. The number of alkyl halides is 2. The summed E-state index contributed by atoms with van der Waals surface area (Å²) in [4.78, 5) is 17.1. The molecule has 0 amide bonds. The van der Waals surface area contributed by atoms with Gasteiger partial charge in [0.15, 0.2) is 5.82 Å². The van der Waals surface area contributed by atoms with E-state index in [1.807, 2.05) is 24.4 Å². The van der Waals surface area contributed by atoms with Gasteiger partial charge in [0, 0.05) is 58.2 Å². The van der Waals surface area contributed by atoms with E-state index in [-0.39, 0.29) is 13.0 Å². The highest BCUT2D eigenvalue weighted by Gasteiger charge is 2.37. The number of hydrogen-bond acceptors (Lipinski definition) is 5. The van der Waals surface area contributed by atoms with Crippen molar-refractivity contribution in [3.8, 4) is 33.1 Å². The summed E-state index contributed by atoms with van der Waals surface area (Å²) in [6.07, 6.45) is 3.50. The summed E-state index contributed by atoms with van der Waals surface area (Å²) >= 11 is 1.76. The third-order valence-electron chi connectivity index (χ3n) is 7.41. The molecule has 4 aromatic heterocycles. The number of aryl methyl sites for hydroxylation is 2. The van der Waals surface area contributed by atoms with Crippen molar-refractivity contribution in [1.29, 1.82) is 0 Å². The summed E-state index contributed by atoms with van der Waals surface area (Å²) in [5.74, 6) is -1.90. The quantitative estimate of drug-likeness (QED) is 0.240. The maximum absolute atomic E-state index is 13.7. The highest BCUT2D eigenvalue weighted by atomic mass is 32.1. The second-order valence-electron chi connectivity index (χ2n) is 10.4. The van der Waals surface area contributed by atoms with Crippen LogP contribution in [0.5, 0.6) is 0 Å². The van der Waals surface area contributed by atoms with Gasteiger partial charge < -0.3 is 4.98 Å². The lowest BCUT2D eigenvalue weighted by Gasteiger charge is -2.16. The third-order valence-corrected chi connectivity index (χ3v) is 8.45. The molecule has 2 aromatic carbocycles. The van der Waals surface area contributed by atoms with Gasteiger partial charge >= 0.3 is 0 Å². The summed E-state index contributed by atoms with van der Waals surface area (Å²) in [5, 5.41) is 8.75. The lowest BCUT2D eigenvalue weighted by molar-refractivity contribution is 0.0115. The molecule has 2 N–H and O–H groups in total. The van der Waals surface area contributed by atoms with Crippen LogP contribution in [-0.2, 0) is 6.54 Å². The van der Waals surface area contributed by atoms with Gasteiger partial charge in [0.1, 0.15) is 5.69 Å². The zero-order chi connectivity index (χ0) is 26.7. The van der Waals surface area contributed by atoms with Gasteiger partial charge in [-0.05, 0) is 66.9 Å². The van der Waals surface area contributed by atoms with Crippen molar-refractivity contribution in [1.82, 2.24) is 30.0 Å². The predicted molar refractivity (Wildman–Crippen MR) is 152 cm³/mol. The van der Waals surface area contributed by atoms with Crippen LogP contribution in [0.1, 0.15) is 22.4 Å². The molecule has 0 spiro atoms. The van der Waals surface area contributed by atoms with Crippen LogP contribution in [0.2, 0.25) is 0 Å². The molecule has 1 fully saturated rings. The van der Waals surface area contributed by atoms with Crippen molar-refractivity contribution in [3.05, 3.63) is 76.9 Å². The number of aromatic amines is 2. The van der Waals surface area contributed by atoms with Gasteiger partial charge in [-0.2, -0.15) is 5.10 Å². The molecule has 196 valence electrons. The summed E-state index contributed by atoms with van der Waals surface area (Å²) in [6.45, 7) is 4.81. The fourth-order valence-electron chi connectivity index (χ4n) is 5.51. The molecule has 1 saturated heterocycles. The van der Waals surface area contributed by atoms with Crippen molar-refractivity contribution >= 4 is 33.3 Å². The minimum absolute atomic E-state index is 0.0879. The third kappa shape index (κ3) is 4.41. The Labute approximate surface area is 227 Å². The standard InChI is InChI=1S/C30H26F2N6S/c1-17-10-25-23(12-22(17)20-11-19(13-33-14-20)15-38-9-8-30(31,32)16-38)28(37-36-25)29-34-24-5-3-4-21(27(24)35-29)26-7-6-18(2)39-26/h3-7,10-14H,8-9,15-16H2,1-2H3,(H,34,35)(H,36,37). The number of nitrogens with zero attached hydrogens (tertiary/aromatic N) is 4. The van der Waals surface area contributed by atoms with E-state index in [9.17, 15) is 8.78 Å². The SMILES string of the molecule is Cc1ccc(-c2cccc3[nH]c(-c4n[nH]c5cc(C)c(-c6cncc(CN7CCC(F)(F)C7)c6)cc45)nc23)s1. The fourth-order valence-corrected chi connectivity index (χ4v) is 6.40. The minimum Gasteiger partial charge on any atom is -0.337 e. The molecule has 9 heteroatoms. The number of nitrogens with one attached hydrogen (secondary N) is 2. The number of thiophene rings is 1. The number of pyridine rings is 1. The average Bonchev–Trinajstić information content (AvgIpc) is 3.69. The molecule has 5 heterocycles. The first kappa shape index (κ1) is 24.1. The molecule has 1 aliphatic rings. The number of hydrogen-bond donors (Lipinski definition) is 2. The number of H-pyrrole nitrogens is 2. The number of likely N-dealkylation sites (tertiary alicyclic amines) is 1. The smallest absolute Gasteiger partial charge is 0.261 e. The van der Waals surface area contributed by atoms with Crippen molar-refractivity contribution in [2.24, 2.45) is 0 Å². The molecule has 0 saturated carbocycles. The van der Waals surface area contributed by atoms with Crippen LogP contribution < -0.4 is 0 Å². The van der Waals surface area contributed by atoms with E-state index < -0.39 is 5.92 Å². The number of fused-ring (bicyclic) bond motifs is 2. The Bertz CT molecular complexity index is 1850. The molecule has 0 atom stereocenters. The first-order chi connectivity index (χ1) is 18.8. The lowest BCUT2D eigenvalue weighted by atomic mass is 9.98. The topological polar surface area (TPSA) is 73.5 Å². The van der Waals surface area contributed by atoms with E-state index >= 15 is 0 Å². The van der Waals surface area contributed by atoms with Crippen LogP contribution >= 0.6 is 11.3 Å². The summed E-state index contributed by atoms with van der Waals surface area (Å²) in [7, 11) is 0. The molecular weight excluding hydrogens is 514 g/mol. The molecule has 7 rings (SSSR count). The van der Waals surface area contributed by atoms with Crippen LogP contribution in [0.3, 0.4) is 0 Å². The Morgan fingerprint density at radius 1 is 1.03 bits per heavy atom. The number of halogens is 2. The Morgan fingerprint density at radius 2 is 1.92 bits per heavy atom. The number of imidazole rings is 1. The van der Waals surface area contributed by atoms with Gasteiger partial charge in [-0.1, -0.05) is 12.1 Å². The normalized spacial score (nSPS) is 15.6. The van der Waals surface area contributed by atoms with E-state index in [0.717, 1.165) is 55.4 Å². The second kappa shape index (κ2) is 9.07. The van der Waals surface area contributed by atoms with Crippen molar-refractivity contribution in [2.45, 2.75) is 32.7 Å². The largest absolute Gasteiger partial charge is 0.337 e. The van der Waals surface area contributed by atoms with Crippen molar-refractivity contribution in [2.75, 3.05) is 13.1 Å². The van der Waals surface area contributed by atoms with Crippen LogP contribution in [0.25, 0.3) is 55.0 Å². The summed E-state index contributed by atoms with van der Waals surface area (Å²) in [5.41, 5.74) is 8.62. The number of aromatic nitrogens is 5. The van der Waals surface area contributed by atoms with Gasteiger partial charge in [-0.15, -0.1) is 11.3 Å². The zero-order valence-corrected chi connectivity index (χ0v) is 22.4. The lowest BCUT2D eigenvalue weighted by Crippen LogP contribution is -2.24. The van der Waals surface area contributed by atoms with E-state index in [1.54, 1.807) is 22.4 Å². The molecule has 1 aliphatic heterocycles. The molecule has 39 heavy (non-hydrogen) atoms. The molecule has 6 aromatic rings. The van der Waals surface area contributed by atoms with Crippen LogP contribution in [0.15, 0.2) is 60.9 Å². The molecule has 0 radical (unpaired) electrons. The maximum Gasteiger partial charge on any atom is 0.261 e. The van der Waals surface area contributed by atoms with E-state index in [0.29, 0.717) is 18.9 Å². The number of benzene rings is 2. The van der Waals surface area contributed by atoms with E-state index in [4.69, 9.17) is 4.98 Å². The Morgan fingerprint density at radius 3 is 2.72 bits per heavy atom. The molecular formula is C30H26F2N6S. The second-order valence-corrected chi connectivity index (χ2v) is 11.7. The maximum atomic E-state index is 13.7. The minimum atomic E-state index is -2.61. The van der Waals surface area contributed by atoms with Gasteiger partial charge in [0.2, 0.25) is 0 Å². The van der Waals surface area contributed by atoms with E-state index in [2.05, 4.69) is 64.3 Å². The predicted octanol–water partition coefficient (Wildman–Crippen LogP) is 7.35.